The Kier molecular flexibility index (Phi) is 3.18. The van der Waals surface area contributed by atoms with Crippen LogP contribution in [0, 0.1) is 0 Å². The molecule has 1 atom stereocenters. The number of hydrogen-bond donors (Lipinski definition) is 0. The lowest BCUT2D eigenvalue weighted by Gasteiger charge is -2.22. The van der Waals surface area contributed by atoms with E-state index in [1.54, 1.807) is 7.11 Å². The van der Waals surface area contributed by atoms with Gasteiger partial charge in [-0.3, -0.25) is 4.79 Å². The first-order valence-electron chi connectivity index (χ1n) is 6.76. The van der Waals surface area contributed by atoms with E-state index in [2.05, 4.69) is 13.0 Å². The minimum absolute atomic E-state index is 0.0464. The van der Waals surface area contributed by atoms with E-state index in [0.717, 1.165) is 17.9 Å². The van der Waals surface area contributed by atoms with Gasteiger partial charge in [-0.15, -0.1) is 0 Å². The van der Waals surface area contributed by atoms with Gasteiger partial charge in [0.05, 0.1) is 7.11 Å². The average molecular weight is 267 g/mol. The van der Waals surface area contributed by atoms with Crippen molar-refractivity contribution in [2.45, 2.75) is 19.4 Å². The van der Waals surface area contributed by atoms with Crippen molar-refractivity contribution >= 4 is 11.6 Å². The number of anilines is 1. The molecule has 1 amide bonds. The van der Waals surface area contributed by atoms with Crippen LogP contribution in [0.15, 0.2) is 48.5 Å². The van der Waals surface area contributed by atoms with E-state index in [0.29, 0.717) is 5.56 Å². The topological polar surface area (TPSA) is 29.5 Å². The van der Waals surface area contributed by atoms with Gasteiger partial charge in [-0.05, 0) is 49.2 Å². The van der Waals surface area contributed by atoms with Gasteiger partial charge in [-0.1, -0.05) is 18.2 Å². The maximum Gasteiger partial charge on any atom is 0.258 e. The smallest absolute Gasteiger partial charge is 0.258 e. The summed E-state index contributed by atoms with van der Waals surface area (Å²) in [5.41, 5.74) is 2.96. The number of rotatable bonds is 2. The molecule has 1 aliphatic rings. The van der Waals surface area contributed by atoms with Gasteiger partial charge in [0.25, 0.3) is 5.91 Å². The molecule has 2 aromatic carbocycles. The molecule has 3 heteroatoms. The van der Waals surface area contributed by atoms with Gasteiger partial charge < -0.3 is 9.64 Å². The highest BCUT2D eigenvalue weighted by atomic mass is 16.5. The molecular weight excluding hydrogens is 250 g/mol. The Bertz CT molecular complexity index is 634. The van der Waals surface area contributed by atoms with E-state index in [-0.39, 0.29) is 11.9 Å². The van der Waals surface area contributed by atoms with E-state index in [1.165, 1.54) is 5.56 Å². The fraction of sp³-hybridized carbons (Fsp3) is 0.235. The molecule has 0 radical (unpaired) electrons. The van der Waals surface area contributed by atoms with Crippen molar-refractivity contribution in [3.05, 3.63) is 59.7 Å². The van der Waals surface area contributed by atoms with Crippen molar-refractivity contribution in [2.75, 3.05) is 12.0 Å². The highest BCUT2D eigenvalue weighted by Gasteiger charge is 2.30. The Hall–Kier alpha value is -2.29. The number of amides is 1. The van der Waals surface area contributed by atoms with Crippen LogP contribution in [-0.4, -0.2) is 19.1 Å². The summed E-state index contributed by atoms with van der Waals surface area (Å²) in [6.45, 7) is 2.08. The molecule has 3 rings (SSSR count). The van der Waals surface area contributed by atoms with Gasteiger partial charge in [-0.25, -0.2) is 0 Å². The van der Waals surface area contributed by atoms with Gasteiger partial charge in [0, 0.05) is 17.3 Å². The number of hydrogen-bond acceptors (Lipinski definition) is 2. The lowest BCUT2D eigenvalue weighted by atomic mass is 10.1. The van der Waals surface area contributed by atoms with Crippen molar-refractivity contribution in [1.29, 1.82) is 0 Å². The van der Waals surface area contributed by atoms with Crippen molar-refractivity contribution in [3.8, 4) is 5.75 Å². The van der Waals surface area contributed by atoms with Crippen LogP contribution < -0.4 is 9.64 Å². The zero-order valence-corrected chi connectivity index (χ0v) is 11.7. The molecule has 0 saturated carbocycles. The third kappa shape index (κ3) is 2.05. The van der Waals surface area contributed by atoms with E-state index >= 15 is 0 Å². The highest BCUT2D eigenvalue weighted by molar-refractivity contribution is 6.07. The molecule has 0 unspecified atom stereocenters. The summed E-state index contributed by atoms with van der Waals surface area (Å²) < 4.78 is 5.13. The van der Waals surface area contributed by atoms with E-state index in [9.17, 15) is 4.79 Å². The molecule has 1 aliphatic heterocycles. The molecule has 0 bridgehead atoms. The molecule has 0 aromatic heterocycles. The standard InChI is InChI=1S/C17H17NO2/c1-12-11-14-5-3-4-6-16(14)18(12)17(19)13-7-9-15(20-2)10-8-13/h3-10,12H,11H2,1-2H3/t12-/m1/s1. The number of carbonyl (C=O) groups is 1. The fourth-order valence-electron chi connectivity index (χ4n) is 2.75. The molecule has 3 nitrogen and oxygen atoms in total. The summed E-state index contributed by atoms with van der Waals surface area (Å²) in [6.07, 6.45) is 0.915. The minimum atomic E-state index is 0.0464. The average Bonchev–Trinajstić information content (AvgIpc) is 2.82. The lowest BCUT2D eigenvalue weighted by molar-refractivity contribution is 0.0981. The van der Waals surface area contributed by atoms with Crippen LogP contribution in [0.4, 0.5) is 5.69 Å². The summed E-state index contributed by atoms with van der Waals surface area (Å²) in [5, 5.41) is 0. The van der Waals surface area contributed by atoms with E-state index in [4.69, 9.17) is 4.74 Å². The first kappa shape index (κ1) is 12.7. The zero-order valence-electron chi connectivity index (χ0n) is 11.7. The maximum absolute atomic E-state index is 12.7. The summed E-state index contributed by atoms with van der Waals surface area (Å²) in [4.78, 5) is 14.6. The molecule has 1 heterocycles. The normalized spacial score (nSPS) is 16.9. The third-order valence-electron chi connectivity index (χ3n) is 3.76. The Balaban J connectivity index is 1.94. The van der Waals surface area contributed by atoms with E-state index < -0.39 is 0 Å². The Morgan fingerprint density at radius 3 is 2.55 bits per heavy atom. The van der Waals surface area contributed by atoms with Gasteiger partial charge in [0.2, 0.25) is 0 Å². The second-order valence-electron chi connectivity index (χ2n) is 5.09. The highest BCUT2D eigenvalue weighted by Crippen LogP contribution is 2.33. The van der Waals surface area contributed by atoms with Crippen LogP contribution in [0.1, 0.15) is 22.8 Å². The lowest BCUT2D eigenvalue weighted by Crippen LogP contribution is -2.35. The number of methoxy groups -OCH3 is 1. The predicted molar refractivity (Wildman–Crippen MR) is 79.4 cm³/mol. The summed E-state index contributed by atoms with van der Waals surface area (Å²) in [6, 6.07) is 15.6. The number of nitrogens with zero attached hydrogens (tertiary/aromatic N) is 1. The van der Waals surface area contributed by atoms with Crippen LogP contribution in [0.25, 0.3) is 0 Å². The Labute approximate surface area is 118 Å². The van der Waals surface area contributed by atoms with Gasteiger partial charge >= 0.3 is 0 Å². The van der Waals surface area contributed by atoms with Crippen molar-refractivity contribution < 1.29 is 9.53 Å². The van der Waals surface area contributed by atoms with Crippen LogP contribution >= 0.6 is 0 Å². The minimum Gasteiger partial charge on any atom is -0.497 e. The number of para-hydroxylation sites is 1. The zero-order chi connectivity index (χ0) is 14.1. The molecule has 102 valence electrons. The molecule has 0 N–H and O–H groups in total. The number of carbonyl (C=O) groups excluding carboxylic acids is 1. The first-order valence-corrected chi connectivity index (χ1v) is 6.76. The van der Waals surface area contributed by atoms with Crippen molar-refractivity contribution in [1.82, 2.24) is 0 Å². The Morgan fingerprint density at radius 2 is 1.85 bits per heavy atom. The van der Waals surface area contributed by atoms with Crippen molar-refractivity contribution in [2.24, 2.45) is 0 Å². The van der Waals surface area contributed by atoms with E-state index in [1.807, 2.05) is 47.4 Å². The Morgan fingerprint density at radius 1 is 1.15 bits per heavy atom. The first-order chi connectivity index (χ1) is 9.70. The van der Waals surface area contributed by atoms with Crippen molar-refractivity contribution in [3.63, 3.8) is 0 Å². The van der Waals surface area contributed by atoms with Crippen LogP contribution in [0.3, 0.4) is 0 Å². The molecule has 20 heavy (non-hydrogen) atoms. The molecule has 0 aliphatic carbocycles. The number of benzene rings is 2. The molecular formula is C17H17NO2. The SMILES string of the molecule is COc1ccc(C(=O)N2c3ccccc3C[C@H]2C)cc1. The van der Waals surface area contributed by atoms with Gasteiger partial charge in [0.1, 0.15) is 5.75 Å². The van der Waals surface area contributed by atoms with Crippen LogP contribution in [0.2, 0.25) is 0 Å². The van der Waals surface area contributed by atoms with Crippen LogP contribution in [-0.2, 0) is 6.42 Å². The van der Waals surface area contributed by atoms with Crippen LogP contribution in [0.5, 0.6) is 5.75 Å². The quantitative estimate of drug-likeness (QED) is 0.835. The van der Waals surface area contributed by atoms with Gasteiger partial charge in [-0.2, -0.15) is 0 Å². The predicted octanol–water partition coefficient (Wildman–Crippen LogP) is 3.29. The summed E-state index contributed by atoms with van der Waals surface area (Å²) in [5.74, 6) is 0.807. The number of fused-ring (bicyclic) bond motifs is 1. The third-order valence-corrected chi connectivity index (χ3v) is 3.76. The summed E-state index contributed by atoms with van der Waals surface area (Å²) in [7, 11) is 1.62. The van der Waals surface area contributed by atoms with Gasteiger partial charge in [0.15, 0.2) is 0 Å². The second kappa shape index (κ2) is 5.00. The second-order valence-corrected chi connectivity index (χ2v) is 5.09. The largest absolute Gasteiger partial charge is 0.497 e. The molecule has 0 fully saturated rings. The monoisotopic (exact) mass is 267 g/mol. The molecule has 0 saturated heterocycles. The summed E-state index contributed by atoms with van der Waals surface area (Å²) >= 11 is 0. The fourth-order valence-corrected chi connectivity index (χ4v) is 2.75. The maximum atomic E-state index is 12.7. The molecule has 0 spiro atoms. The number of ether oxygens (including phenoxy) is 1. The molecule has 2 aromatic rings.